The fourth-order valence-corrected chi connectivity index (χ4v) is 1.15. The molecule has 0 radical (unpaired) electrons. The Kier molecular flexibility index (Phi) is 4.52. The predicted octanol–water partition coefficient (Wildman–Crippen LogP) is 2.88. The van der Waals surface area contributed by atoms with Gasteiger partial charge in [-0.05, 0) is 17.7 Å². The zero-order valence-electron chi connectivity index (χ0n) is 7.16. The minimum absolute atomic E-state index is 0.455. The van der Waals surface area contributed by atoms with Crippen molar-refractivity contribution in [1.82, 2.24) is 0 Å². The first-order valence-electron chi connectivity index (χ1n) is 4.02. The average Bonchev–Trinajstić information content (AvgIpc) is 2.15. The van der Waals surface area contributed by atoms with E-state index < -0.39 is 0 Å². The topological polar surface area (TPSA) is 33.0 Å². The van der Waals surface area contributed by atoms with Crippen molar-refractivity contribution in [1.29, 1.82) is 5.26 Å². The molecule has 0 heterocycles. The molecule has 13 heavy (non-hydrogen) atoms. The van der Waals surface area contributed by atoms with Crippen molar-refractivity contribution in [3.8, 4) is 6.07 Å². The molecule has 0 atom stereocenters. The standard InChI is InChI=1S/C10H10BrNO/c11-10-4-2-9(3-5-10)8-13-7-1-6-12/h2-5H,1,7-8H2. The van der Waals surface area contributed by atoms with Crippen LogP contribution in [0, 0.1) is 11.3 Å². The van der Waals surface area contributed by atoms with Gasteiger partial charge in [0.05, 0.1) is 25.7 Å². The van der Waals surface area contributed by atoms with Crippen LogP contribution in [0.1, 0.15) is 12.0 Å². The fraction of sp³-hybridized carbons (Fsp3) is 0.300. The molecule has 0 aliphatic carbocycles. The quantitative estimate of drug-likeness (QED) is 0.758. The lowest BCUT2D eigenvalue weighted by molar-refractivity contribution is 0.126. The van der Waals surface area contributed by atoms with Gasteiger partial charge in [0.1, 0.15) is 0 Å². The first-order valence-corrected chi connectivity index (χ1v) is 4.81. The molecule has 0 fully saturated rings. The van der Waals surface area contributed by atoms with Crippen LogP contribution in [0.4, 0.5) is 0 Å². The number of hydrogen-bond donors (Lipinski definition) is 0. The molecule has 0 spiro atoms. The molecular formula is C10H10BrNO. The maximum absolute atomic E-state index is 8.26. The summed E-state index contributed by atoms with van der Waals surface area (Å²) in [6.07, 6.45) is 0.455. The number of halogens is 1. The normalized spacial score (nSPS) is 9.54. The van der Waals surface area contributed by atoms with Crippen LogP contribution in [0.25, 0.3) is 0 Å². The van der Waals surface area contributed by atoms with E-state index in [9.17, 15) is 0 Å². The minimum Gasteiger partial charge on any atom is -0.376 e. The summed E-state index contributed by atoms with van der Waals surface area (Å²) in [5.41, 5.74) is 1.13. The Morgan fingerprint density at radius 1 is 1.31 bits per heavy atom. The number of benzene rings is 1. The van der Waals surface area contributed by atoms with Crippen LogP contribution in [0.3, 0.4) is 0 Å². The van der Waals surface area contributed by atoms with E-state index in [1.165, 1.54) is 0 Å². The SMILES string of the molecule is N#CCCOCc1ccc(Br)cc1. The Hall–Kier alpha value is -0.850. The van der Waals surface area contributed by atoms with Gasteiger partial charge in [0.25, 0.3) is 0 Å². The van der Waals surface area contributed by atoms with Gasteiger partial charge >= 0.3 is 0 Å². The molecule has 0 aromatic heterocycles. The van der Waals surface area contributed by atoms with Crippen molar-refractivity contribution in [3.63, 3.8) is 0 Å². The lowest BCUT2D eigenvalue weighted by atomic mass is 10.2. The van der Waals surface area contributed by atoms with E-state index >= 15 is 0 Å². The summed E-state index contributed by atoms with van der Waals surface area (Å²) in [5, 5.41) is 8.26. The van der Waals surface area contributed by atoms with Gasteiger partial charge in [-0.25, -0.2) is 0 Å². The second-order valence-electron chi connectivity index (χ2n) is 2.59. The van der Waals surface area contributed by atoms with Crippen molar-refractivity contribution in [2.45, 2.75) is 13.0 Å². The summed E-state index contributed by atoms with van der Waals surface area (Å²) in [6, 6.07) is 9.97. The number of nitriles is 1. The van der Waals surface area contributed by atoms with Gasteiger partial charge in [-0.15, -0.1) is 0 Å². The molecule has 0 aliphatic heterocycles. The van der Waals surface area contributed by atoms with E-state index in [0.29, 0.717) is 19.6 Å². The van der Waals surface area contributed by atoms with E-state index in [1.807, 2.05) is 30.3 Å². The molecule has 0 amide bonds. The second-order valence-corrected chi connectivity index (χ2v) is 3.50. The molecule has 0 bridgehead atoms. The molecule has 2 nitrogen and oxygen atoms in total. The van der Waals surface area contributed by atoms with Crippen molar-refractivity contribution in [2.75, 3.05) is 6.61 Å². The Balaban J connectivity index is 2.30. The molecule has 0 unspecified atom stereocenters. The summed E-state index contributed by atoms with van der Waals surface area (Å²) in [5.74, 6) is 0. The zero-order valence-corrected chi connectivity index (χ0v) is 8.75. The molecule has 0 saturated heterocycles. The van der Waals surface area contributed by atoms with Crippen LogP contribution < -0.4 is 0 Å². The van der Waals surface area contributed by atoms with E-state index in [0.717, 1.165) is 10.0 Å². The first-order chi connectivity index (χ1) is 6.33. The van der Waals surface area contributed by atoms with Crippen LogP contribution in [-0.2, 0) is 11.3 Å². The van der Waals surface area contributed by atoms with Crippen molar-refractivity contribution >= 4 is 15.9 Å². The molecule has 1 aromatic rings. The van der Waals surface area contributed by atoms with Crippen molar-refractivity contribution in [2.24, 2.45) is 0 Å². The molecular weight excluding hydrogens is 230 g/mol. The van der Waals surface area contributed by atoms with Gasteiger partial charge < -0.3 is 4.74 Å². The van der Waals surface area contributed by atoms with E-state index in [-0.39, 0.29) is 0 Å². The lowest BCUT2D eigenvalue weighted by Gasteiger charge is -2.01. The zero-order chi connectivity index (χ0) is 9.52. The molecule has 68 valence electrons. The number of ether oxygens (including phenoxy) is 1. The summed E-state index contributed by atoms with van der Waals surface area (Å²) in [7, 11) is 0. The highest BCUT2D eigenvalue weighted by Crippen LogP contribution is 2.10. The summed E-state index contributed by atoms with van der Waals surface area (Å²) < 4.78 is 6.33. The van der Waals surface area contributed by atoms with Crippen LogP contribution in [-0.4, -0.2) is 6.61 Å². The Labute approximate surface area is 86.3 Å². The number of rotatable bonds is 4. The maximum atomic E-state index is 8.26. The minimum atomic E-state index is 0.455. The van der Waals surface area contributed by atoms with Crippen LogP contribution in [0.15, 0.2) is 28.7 Å². The van der Waals surface area contributed by atoms with Crippen molar-refractivity contribution in [3.05, 3.63) is 34.3 Å². The maximum Gasteiger partial charge on any atom is 0.0717 e. The smallest absolute Gasteiger partial charge is 0.0717 e. The molecule has 0 aliphatic rings. The average molecular weight is 240 g/mol. The summed E-state index contributed by atoms with van der Waals surface area (Å²) in [4.78, 5) is 0. The summed E-state index contributed by atoms with van der Waals surface area (Å²) in [6.45, 7) is 1.08. The van der Waals surface area contributed by atoms with Gasteiger partial charge in [0.15, 0.2) is 0 Å². The number of nitrogens with zero attached hydrogens (tertiary/aromatic N) is 1. The van der Waals surface area contributed by atoms with Gasteiger partial charge in [-0.1, -0.05) is 28.1 Å². The second kappa shape index (κ2) is 5.74. The highest BCUT2D eigenvalue weighted by atomic mass is 79.9. The predicted molar refractivity (Wildman–Crippen MR) is 54.0 cm³/mol. The molecule has 0 saturated carbocycles. The molecule has 0 N–H and O–H groups in total. The highest BCUT2D eigenvalue weighted by Gasteiger charge is 1.92. The van der Waals surface area contributed by atoms with E-state index in [1.54, 1.807) is 0 Å². The van der Waals surface area contributed by atoms with Gasteiger partial charge in [-0.2, -0.15) is 5.26 Å². The summed E-state index contributed by atoms with van der Waals surface area (Å²) >= 11 is 3.35. The Morgan fingerprint density at radius 3 is 2.62 bits per heavy atom. The highest BCUT2D eigenvalue weighted by molar-refractivity contribution is 9.10. The lowest BCUT2D eigenvalue weighted by Crippen LogP contribution is -1.93. The van der Waals surface area contributed by atoms with Crippen LogP contribution in [0.2, 0.25) is 0 Å². The third-order valence-electron chi connectivity index (χ3n) is 1.54. The molecule has 1 rings (SSSR count). The monoisotopic (exact) mass is 239 g/mol. The van der Waals surface area contributed by atoms with E-state index in [4.69, 9.17) is 10.00 Å². The molecule has 1 aromatic carbocycles. The third-order valence-corrected chi connectivity index (χ3v) is 2.07. The largest absolute Gasteiger partial charge is 0.376 e. The van der Waals surface area contributed by atoms with Crippen LogP contribution in [0.5, 0.6) is 0 Å². The van der Waals surface area contributed by atoms with Gasteiger partial charge in [0, 0.05) is 4.47 Å². The third kappa shape index (κ3) is 4.07. The Bertz CT molecular complexity index is 289. The number of hydrogen-bond acceptors (Lipinski definition) is 2. The fourth-order valence-electron chi connectivity index (χ4n) is 0.888. The van der Waals surface area contributed by atoms with Gasteiger partial charge in [-0.3, -0.25) is 0 Å². The molecule has 3 heteroatoms. The van der Waals surface area contributed by atoms with Crippen molar-refractivity contribution < 1.29 is 4.74 Å². The first kappa shape index (κ1) is 10.2. The van der Waals surface area contributed by atoms with Gasteiger partial charge in [0.2, 0.25) is 0 Å². The van der Waals surface area contributed by atoms with E-state index in [2.05, 4.69) is 15.9 Å². The Morgan fingerprint density at radius 2 is 2.00 bits per heavy atom. The van der Waals surface area contributed by atoms with Crippen LogP contribution >= 0.6 is 15.9 Å².